The highest BCUT2D eigenvalue weighted by Crippen LogP contribution is 2.35. The van der Waals surface area contributed by atoms with E-state index in [1.807, 2.05) is 37.4 Å². The summed E-state index contributed by atoms with van der Waals surface area (Å²) in [5, 5.41) is 11.9. The average molecular weight is 480 g/mol. The highest BCUT2D eigenvalue weighted by atomic mass is 32.2. The minimum absolute atomic E-state index is 0.00385. The molecule has 2 N–H and O–H groups in total. The largest absolute Gasteiger partial charge is 0.491 e. The summed E-state index contributed by atoms with van der Waals surface area (Å²) in [6.45, 7) is 2.06. The first-order valence-electron chi connectivity index (χ1n) is 10.2. The summed E-state index contributed by atoms with van der Waals surface area (Å²) < 4.78 is 16.6. The van der Waals surface area contributed by atoms with Gasteiger partial charge in [-0.05, 0) is 43.0 Å². The standard InChI is InChI=1S/C23H29NO6S2/c1-16(11-13-29-21(26)15-31)22(19-5-3-4-6-20(19)28-14-12-25)30-23(27)24-17-7-9-18(32-2)10-8-17/h3-10,16,22,25,31H,11-15H2,1-2H3,(H,24,27)/t16-,22+/m1/s1. The van der Waals surface area contributed by atoms with Crippen molar-refractivity contribution in [2.75, 3.05) is 37.1 Å². The van der Waals surface area contributed by atoms with Crippen LogP contribution in [0.25, 0.3) is 0 Å². The molecular formula is C23H29NO6S2. The van der Waals surface area contributed by atoms with Crippen LogP contribution in [0.4, 0.5) is 10.5 Å². The van der Waals surface area contributed by atoms with Gasteiger partial charge >= 0.3 is 12.1 Å². The Bertz CT molecular complexity index is 862. The van der Waals surface area contributed by atoms with Crippen LogP contribution in [0.5, 0.6) is 5.75 Å². The van der Waals surface area contributed by atoms with Crippen LogP contribution in [0.15, 0.2) is 53.4 Å². The maximum Gasteiger partial charge on any atom is 0.412 e. The summed E-state index contributed by atoms with van der Waals surface area (Å²) in [7, 11) is 0. The fourth-order valence-electron chi connectivity index (χ4n) is 2.98. The number of nitrogens with one attached hydrogen (secondary N) is 1. The number of amides is 1. The van der Waals surface area contributed by atoms with E-state index in [1.54, 1.807) is 36.0 Å². The number of hydrogen-bond donors (Lipinski definition) is 3. The molecule has 0 aliphatic heterocycles. The van der Waals surface area contributed by atoms with Crippen molar-refractivity contribution in [3.8, 4) is 5.75 Å². The van der Waals surface area contributed by atoms with E-state index >= 15 is 0 Å². The third-order valence-corrected chi connectivity index (χ3v) is 5.63. The van der Waals surface area contributed by atoms with Gasteiger partial charge in [0, 0.05) is 22.1 Å². The zero-order chi connectivity index (χ0) is 23.3. The van der Waals surface area contributed by atoms with E-state index in [9.17, 15) is 9.59 Å². The molecule has 9 heteroatoms. The molecule has 1 amide bonds. The molecule has 0 spiro atoms. The second kappa shape index (κ2) is 13.9. The normalized spacial score (nSPS) is 12.5. The molecule has 0 fully saturated rings. The molecule has 2 atom stereocenters. The monoisotopic (exact) mass is 479 g/mol. The minimum atomic E-state index is -0.662. The SMILES string of the molecule is CSc1ccc(NC(=O)O[C@H](c2ccccc2OCCO)[C@H](C)CCOC(=O)CS)cc1. The van der Waals surface area contributed by atoms with E-state index in [1.165, 1.54) is 0 Å². The maximum atomic E-state index is 12.7. The Hall–Kier alpha value is -2.36. The molecule has 0 aromatic heterocycles. The average Bonchev–Trinajstić information content (AvgIpc) is 2.81. The lowest BCUT2D eigenvalue weighted by molar-refractivity contribution is -0.141. The Labute approximate surface area is 198 Å². The molecule has 32 heavy (non-hydrogen) atoms. The molecule has 2 aromatic rings. The lowest BCUT2D eigenvalue weighted by Gasteiger charge is -2.26. The number of carbonyl (C=O) groups is 2. The Morgan fingerprint density at radius 2 is 1.84 bits per heavy atom. The third kappa shape index (κ3) is 8.29. The van der Waals surface area contributed by atoms with E-state index in [4.69, 9.17) is 19.3 Å². The van der Waals surface area contributed by atoms with Crippen LogP contribution in [0.3, 0.4) is 0 Å². The zero-order valence-corrected chi connectivity index (χ0v) is 19.9. The molecule has 174 valence electrons. The predicted molar refractivity (Wildman–Crippen MR) is 129 cm³/mol. The summed E-state index contributed by atoms with van der Waals surface area (Å²) >= 11 is 5.51. The van der Waals surface area contributed by atoms with Gasteiger partial charge in [-0.15, -0.1) is 11.8 Å². The van der Waals surface area contributed by atoms with Gasteiger partial charge in [0.25, 0.3) is 0 Å². The molecule has 0 saturated heterocycles. The number of esters is 1. The molecule has 2 aromatic carbocycles. The van der Waals surface area contributed by atoms with Gasteiger partial charge in [0.2, 0.25) is 0 Å². The number of benzene rings is 2. The van der Waals surface area contributed by atoms with Crippen molar-refractivity contribution in [3.63, 3.8) is 0 Å². The van der Waals surface area contributed by atoms with Crippen molar-refractivity contribution in [2.24, 2.45) is 5.92 Å². The van der Waals surface area contributed by atoms with Gasteiger partial charge in [0.15, 0.2) is 0 Å². The fourth-order valence-corrected chi connectivity index (χ4v) is 3.48. The number of aliphatic hydroxyl groups excluding tert-OH is 1. The lowest BCUT2D eigenvalue weighted by Crippen LogP contribution is -2.24. The fraction of sp³-hybridized carbons (Fsp3) is 0.391. The molecule has 0 heterocycles. The number of carbonyl (C=O) groups excluding carboxylic acids is 2. The smallest absolute Gasteiger partial charge is 0.412 e. The highest BCUT2D eigenvalue weighted by Gasteiger charge is 2.27. The number of anilines is 1. The molecular weight excluding hydrogens is 450 g/mol. The zero-order valence-electron chi connectivity index (χ0n) is 18.2. The van der Waals surface area contributed by atoms with Gasteiger partial charge in [-0.25, -0.2) is 4.79 Å². The number of hydrogen-bond acceptors (Lipinski definition) is 8. The van der Waals surface area contributed by atoms with Crippen LogP contribution < -0.4 is 10.1 Å². The first-order chi connectivity index (χ1) is 15.5. The van der Waals surface area contributed by atoms with Crippen molar-refractivity contribution in [1.82, 2.24) is 0 Å². The Kier molecular flexibility index (Phi) is 11.3. The van der Waals surface area contributed by atoms with Crippen LogP contribution in [0, 0.1) is 5.92 Å². The molecule has 0 bridgehead atoms. The van der Waals surface area contributed by atoms with Crippen LogP contribution >= 0.6 is 24.4 Å². The molecule has 0 aliphatic rings. The van der Waals surface area contributed by atoms with Crippen molar-refractivity contribution in [3.05, 3.63) is 54.1 Å². The van der Waals surface area contributed by atoms with Gasteiger partial charge in [-0.3, -0.25) is 10.1 Å². The molecule has 0 saturated carbocycles. The van der Waals surface area contributed by atoms with Crippen LogP contribution in [-0.2, 0) is 14.3 Å². The van der Waals surface area contributed by atoms with Gasteiger partial charge in [0.05, 0.1) is 19.0 Å². The van der Waals surface area contributed by atoms with Crippen molar-refractivity contribution in [2.45, 2.75) is 24.3 Å². The topological polar surface area (TPSA) is 94.1 Å². The van der Waals surface area contributed by atoms with Crippen molar-refractivity contribution in [1.29, 1.82) is 0 Å². The third-order valence-electron chi connectivity index (χ3n) is 4.63. The minimum Gasteiger partial charge on any atom is -0.491 e. The first kappa shape index (κ1) is 25.9. The predicted octanol–water partition coefficient (Wildman–Crippen LogP) is 4.57. The van der Waals surface area contributed by atoms with Crippen LogP contribution in [0.1, 0.15) is 25.0 Å². The summed E-state index contributed by atoms with van der Waals surface area (Å²) in [5.74, 6) is -0.0747. The lowest BCUT2D eigenvalue weighted by atomic mass is 9.94. The summed E-state index contributed by atoms with van der Waals surface area (Å²) in [6.07, 6.45) is 1.17. The van der Waals surface area contributed by atoms with Crippen molar-refractivity contribution < 1.29 is 28.9 Å². The summed E-state index contributed by atoms with van der Waals surface area (Å²) in [5.41, 5.74) is 1.29. The second-order valence-corrected chi connectivity index (χ2v) is 8.13. The summed E-state index contributed by atoms with van der Waals surface area (Å²) in [6, 6.07) is 14.6. The number of rotatable bonds is 12. The van der Waals surface area contributed by atoms with Gasteiger partial charge in [-0.2, -0.15) is 12.6 Å². The first-order valence-corrected chi connectivity index (χ1v) is 12.0. The van der Waals surface area contributed by atoms with E-state index < -0.39 is 18.2 Å². The van der Waals surface area contributed by atoms with Gasteiger partial charge in [-0.1, -0.05) is 25.1 Å². The van der Waals surface area contributed by atoms with E-state index in [0.29, 0.717) is 23.4 Å². The van der Waals surface area contributed by atoms with E-state index in [-0.39, 0.29) is 31.5 Å². The molecule has 0 unspecified atom stereocenters. The quantitative estimate of drug-likeness (QED) is 0.233. The number of thioether (sulfide) groups is 1. The number of aliphatic hydroxyl groups is 1. The van der Waals surface area contributed by atoms with Gasteiger partial charge < -0.3 is 19.3 Å². The number of thiol groups is 1. The molecule has 0 radical (unpaired) electrons. The number of para-hydroxylation sites is 1. The Morgan fingerprint density at radius 3 is 2.50 bits per heavy atom. The van der Waals surface area contributed by atoms with Crippen LogP contribution in [0.2, 0.25) is 0 Å². The van der Waals surface area contributed by atoms with E-state index in [0.717, 1.165) is 4.90 Å². The Morgan fingerprint density at radius 1 is 1.12 bits per heavy atom. The second-order valence-electron chi connectivity index (χ2n) is 6.93. The van der Waals surface area contributed by atoms with Crippen molar-refractivity contribution >= 4 is 42.1 Å². The molecule has 2 rings (SSSR count). The van der Waals surface area contributed by atoms with Gasteiger partial charge in [0.1, 0.15) is 18.5 Å². The maximum absolute atomic E-state index is 12.7. The Balaban J connectivity index is 2.17. The number of ether oxygens (including phenoxy) is 3. The highest BCUT2D eigenvalue weighted by molar-refractivity contribution is 7.98. The van der Waals surface area contributed by atoms with E-state index in [2.05, 4.69) is 17.9 Å². The molecule has 7 nitrogen and oxygen atoms in total. The van der Waals surface area contributed by atoms with Crippen LogP contribution in [-0.4, -0.2) is 49.0 Å². The summed E-state index contributed by atoms with van der Waals surface area (Å²) in [4.78, 5) is 25.2. The molecule has 0 aliphatic carbocycles.